The summed E-state index contributed by atoms with van der Waals surface area (Å²) in [6, 6.07) is 6.62. The maximum atomic E-state index is 12.7. The van der Waals surface area contributed by atoms with Gasteiger partial charge in [-0.25, -0.2) is 4.99 Å². The fourth-order valence-electron chi connectivity index (χ4n) is 3.51. The van der Waals surface area contributed by atoms with E-state index in [9.17, 15) is 13.6 Å². The van der Waals surface area contributed by atoms with Crippen LogP contribution in [0.2, 0.25) is 0 Å². The molecule has 1 fully saturated rings. The summed E-state index contributed by atoms with van der Waals surface area (Å²) in [6.45, 7) is 0.281. The summed E-state index contributed by atoms with van der Waals surface area (Å²) in [5.41, 5.74) is 1.07. The van der Waals surface area contributed by atoms with Gasteiger partial charge < -0.3 is 9.47 Å². The van der Waals surface area contributed by atoms with E-state index in [-0.39, 0.29) is 22.6 Å². The van der Waals surface area contributed by atoms with Crippen LogP contribution in [0.1, 0.15) is 42.2 Å². The highest BCUT2D eigenvalue weighted by Crippen LogP contribution is 2.45. The van der Waals surface area contributed by atoms with Gasteiger partial charge >= 0.3 is 6.61 Å². The van der Waals surface area contributed by atoms with Gasteiger partial charge in [0, 0.05) is 13.2 Å². The summed E-state index contributed by atoms with van der Waals surface area (Å²) in [6.07, 6.45) is 1.61. The van der Waals surface area contributed by atoms with E-state index in [0.29, 0.717) is 24.6 Å². The van der Waals surface area contributed by atoms with Crippen LogP contribution >= 0.6 is 11.8 Å². The summed E-state index contributed by atoms with van der Waals surface area (Å²) in [4.78, 5) is 17.3. The lowest BCUT2D eigenvalue weighted by atomic mass is 10.1. The van der Waals surface area contributed by atoms with E-state index >= 15 is 0 Å². The molecular weight excluding hydrogens is 376 g/mol. The molecule has 27 heavy (non-hydrogen) atoms. The van der Waals surface area contributed by atoms with Crippen LogP contribution in [0.25, 0.3) is 0 Å². The summed E-state index contributed by atoms with van der Waals surface area (Å²) in [5, 5.41) is 3.41. The summed E-state index contributed by atoms with van der Waals surface area (Å²) in [7, 11) is 0. The largest absolute Gasteiger partial charge is 0.435 e. The lowest BCUT2D eigenvalue weighted by molar-refractivity contribution is -0.0498. The Morgan fingerprint density at radius 2 is 2.15 bits per heavy atom. The molecule has 1 atom stereocenters. The summed E-state index contributed by atoms with van der Waals surface area (Å²) in [5.74, 6) is 0.693. The molecule has 0 saturated carbocycles. The number of fused-ring (bicyclic) bond motifs is 1. The van der Waals surface area contributed by atoms with E-state index in [0.717, 1.165) is 23.4 Å². The van der Waals surface area contributed by atoms with Gasteiger partial charge in [0.15, 0.2) is 5.82 Å². The number of aromatic amines is 1. The summed E-state index contributed by atoms with van der Waals surface area (Å²) >= 11 is 1.43. The molecule has 6 nitrogen and oxygen atoms in total. The standard InChI is InChI=1S/C18H19F2N3O3S/c1-10-21-16-14(17(24)22-23(16)12-5-7-25-8-6-12)15(27-10)11-3-2-4-13(9-11)26-18(19)20/h2-4,9,12,15,18H,5-8H2,1H3,(H,22,24). The minimum Gasteiger partial charge on any atom is -0.435 e. The van der Waals surface area contributed by atoms with Gasteiger partial charge in [-0.1, -0.05) is 23.9 Å². The Bertz CT molecular complexity index is 919. The van der Waals surface area contributed by atoms with Crippen molar-refractivity contribution in [1.29, 1.82) is 0 Å². The van der Waals surface area contributed by atoms with Gasteiger partial charge in [-0.2, -0.15) is 8.78 Å². The number of H-pyrrole nitrogens is 1. The zero-order chi connectivity index (χ0) is 19.0. The van der Waals surface area contributed by atoms with Crippen molar-refractivity contribution >= 4 is 22.6 Å². The predicted octanol–water partition coefficient (Wildman–Crippen LogP) is 4.02. The molecule has 0 aliphatic carbocycles. The molecule has 0 amide bonds. The molecule has 1 N–H and O–H groups in total. The van der Waals surface area contributed by atoms with Crippen LogP contribution in [-0.2, 0) is 4.74 Å². The minimum atomic E-state index is -2.89. The number of nitrogens with zero attached hydrogens (tertiary/aromatic N) is 2. The van der Waals surface area contributed by atoms with Crippen LogP contribution in [0.15, 0.2) is 34.1 Å². The van der Waals surface area contributed by atoms with Crippen molar-refractivity contribution in [2.24, 2.45) is 4.99 Å². The van der Waals surface area contributed by atoms with Gasteiger partial charge in [0.05, 0.1) is 21.9 Å². The number of alkyl halides is 2. The average molecular weight is 395 g/mol. The second-order valence-corrected chi connectivity index (χ2v) is 7.77. The van der Waals surface area contributed by atoms with Crippen molar-refractivity contribution < 1.29 is 18.3 Å². The first-order valence-corrected chi connectivity index (χ1v) is 9.60. The van der Waals surface area contributed by atoms with E-state index in [4.69, 9.17) is 4.74 Å². The summed E-state index contributed by atoms with van der Waals surface area (Å²) < 4.78 is 36.9. The Hall–Kier alpha value is -2.13. The molecule has 1 unspecified atom stereocenters. The van der Waals surface area contributed by atoms with Crippen molar-refractivity contribution in [2.45, 2.75) is 37.7 Å². The van der Waals surface area contributed by atoms with Crippen LogP contribution in [0, 0.1) is 0 Å². The van der Waals surface area contributed by atoms with Crippen LogP contribution in [0.5, 0.6) is 5.75 Å². The number of halogens is 2. The first kappa shape index (κ1) is 18.2. The first-order valence-electron chi connectivity index (χ1n) is 8.72. The third-order valence-corrected chi connectivity index (χ3v) is 5.87. The lowest BCUT2D eigenvalue weighted by Crippen LogP contribution is -2.21. The minimum absolute atomic E-state index is 0.0742. The van der Waals surface area contributed by atoms with E-state index in [2.05, 4.69) is 14.8 Å². The molecule has 1 aromatic carbocycles. The highest BCUT2D eigenvalue weighted by Gasteiger charge is 2.32. The van der Waals surface area contributed by atoms with Crippen LogP contribution < -0.4 is 10.3 Å². The van der Waals surface area contributed by atoms with Crippen LogP contribution in [0.4, 0.5) is 14.6 Å². The van der Waals surface area contributed by atoms with Crippen molar-refractivity contribution in [3.63, 3.8) is 0 Å². The molecule has 1 saturated heterocycles. The maximum absolute atomic E-state index is 12.7. The number of ether oxygens (including phenoxy) is 2. The Kier molecular flexibility index (Phi) is 5.05. The second-order valence-electron chi connectivity index (χ2n) is 6.47. The number of benzene rings is 1. The monoisotopic (exact) mass is 395 g/mol. The van der Waals surface area contributed by atoms with Gasteiger partial charge in [0.25, 0.3) is 5.56 Å². The molecule has 3 heterocycles. The van der Waals surface area contributed by atoms with Gasteiger partial charge in [-0.3, -0.25) is 14.6 Å². The van der Waals surface area contributed by atoms with Gasteiger partial charge in [-0.05, 0) is 37.5 Å². The normalized spacial score (nSPS) is 20.4. The van der Waals surface area contributed by atoms with Gasteiger partial charge in [-0.15, -0.1) is 0 Å². The third kappa shape index (κ3) is 3.66. The zero-order valence-electron chi connectivity index (χ0n) is 14.7. The molecule has 0 radical (unpaired) electrons. The number of aliphatic imine (C=N–C) groups is 1. The number of hydrogen-bond donors (Lipinski definition) is 1. The van der Waals surface area contributed by atoms with Crippen molar-refractivity contribution in [1.82, 2.24) is 9.78 Å². The van der Waals surface area contributed by atoms with E-state index in [1.807, 2.05) is 17.7 Å². The van der Waals surface area contributed by atoms with Gasteiger partial charge in [0.2, 0.25) is 0 Å². The number of aromatic nitrogens is 2. The van der Waals surface area contributed by atoms with Crippen molar-refractivity contribution in [2.75, 3.05) is 13.2 Å². The smallest absolute Gasteiger partial charge is 0.387 e. The fourth-order valence-corrected chi connectivity index (χ4v) is 4.60. The van der Waals surface area contributed by atoms with Crippen molar-refractivity contribution in [3.8, 4) is 5.75 Å². The molecule has 1 aromatic heterocycles. The molecule has 2 aromatic rings. The topological polar surface area (TPSA) is 68.6 Å². The molecule has 0 bridgehead atoms. The Morgan fingerprint density at radius 3 is 2.89 bits per heavy atom. The van der Waals surface area contributed by atoms with E-state index in [1.165, 1.54) is 17.8 Å². The molecule has 2 aliphatic rings. The van der Waals surface area contributed by atoms with E-state index in [1.54, 1.807) is 12.1 Å². The molecule has 9 heteroatoms. The highest BCUT2D eigenvalue weighted by molar-refractivity contribution is 8.14. The number of nitrogens with one attached hydrogen (secondary N) is 1. The number of rotatable bonds is 4. The average Bonchev–Trinajstić information content (AvgIpc) is 2.98. The van der Waals surface area contributed by atoms with Crippen molar-refractivity contribution in [3.05, 3.63) is 45.7 Å². The van der Waals surface area contributed by atoms with Gasteiger partial charge in [0.1, 0.15) is 5.75 Å². The maximum Gasteiger partial charge on any atom is 0.387 e. The third-order valence-electron chi connectivity index (χ3n) is 4.69. The molecule has 2 aliphatic heterocycles. The highest BCUT2D eigenvalue weighted by atomic mass is 32.2. The zero-order valence-corrected chi connectivity index (χ0v) is 15.5. The molecular formula is C18H19F2N3O3S. The Labute approximate surface area is 158 Å². The lowest BCUT2D eigenvalue weighted by Gasteiger charge is -2.26. The van der Waals surface area contributed by atoms with E-state index < -0.39 is 6.61 Å². The molecule has 0 spiro atoms. The number of hydrogen-bond acceptors (Lipinski definition) is 5. The van der Waals surface area contributed by atoms with Crippen LogP contribution in [-0.4, -0.2) is 34.6 Å². The predicted molar refractivity (Wildman–Crippen MR) is 99.4 cm³/mol. The Morgan fingerprint density at radius 1 is 1.37 bits per heavy atom. The fraction of sp³-hybridized carbons (Fsp3) is 0.444. The second kappa shape index (κ2) is 7.47. The Balaban J connectivity index is 1.75. The SMILES string of the molecule is CC1=Nc2c(c(=O)[nH]n2C2CCOCC2)C(c2cccc(OC(F)F)c2)S1. The number of thioether (sulfide) groups is 1. The first-order chi connectivity index (χ1) is 13.0. The quantitative estimate of drug-likeness (QED) is 0.849. The molecule has 144 valence electrons. The molecule has 4 rings (SSSR count). The van der Waals surface area contributed by atoms with Crippen LogP contribution in [0.3, 0.4) is 0 Å².